The highest BCUT2D eigenvalue weighted by molar-refractivity contribution is 7.10. The number of rotatable bonds is 4. The van der Waals surface area contributed by atoms with Gasteiger partial charge >= 0.3 is 0 Å². The molecular weight excluding hydrogens is 233 g/mol. The molecule has 1 heterocycles. The Bertz CT molecular complexity index is 492. The van der Waals surface area contributed by atoms with Crippen molar-refractivity contribution in [3.63, 3.8) is 0 Å². The van der Waals surface area contributed by atoms with Gasteiger partial charge in [0.25, 0.3) is 0 Å². The average Bonchev–Trinajstić information content (AvgIpc) is 2.74. The van der Waals surface area contributed by atoms with Crippen molar-refractivity contribution >= 4 is 11.3 Å². The van der Waals surface area contributed by atoms with Crippen LogP contribution in [0.1, 0.15) is 29.0 Å². The highest BCUT2D eigenvalue weighted by Gasteiger charge is 2.19. The Morgan fingerprint density at radius 1 is 1.29 bits per heavy atom. The minimum absolute atomic E-state index is 0.0406. The van der Waals surface area contributed by atoms with Gasteiger partial charge in [-0.25, -0.2) is 4.39 Å². The van der Waals surface area contributed by atoms with Gasteiger partial charge in [0.15, 0.2) is 0 Å². The largest absolute Gasteiger partial charge is 0.306 e. The second-order valence-corrected chi connectivity index (χ2v) is 4.93. The van der Waals surface area contributed by atoms with Gasteiger partial charge in [0, 0.05) is 10.4 Å². The SMILES string of the molecule is CCNC(c1ccccc1F)c1sccc1C. The zero-order chi connectivity index (χ0) is 12.3. The van der Waals surface area contributed by atoms with E-state index in [1.807, 2.05) is 19.1 Å². The lowest BCUT2D eigenvalue weighted by Gasteiger charge is -2.18. The molecular formula is C14H16FNS. The van der Waals surface area contributed by atoms with Gasteiger partial charge in [0.1, 0.15) is 5.82 Å². The summed E-state index contributed by atoms with van der Waals surface area (Å²) < 4.78 is 13.9. The minimum atomic E-state index is -0.147. The highest BCUT2D eigenvalue weighted by atomic mass is 32.1. The summed E-state index contributed by atoms with van der Waals surface area (Å²) in [6, 6.07) is 9.01. The molecule has 0 aliphatic heterocycles. The van der Waals surface area contributed by atoms with E-state index < -0.39 is 0 Å². The number of benzene rings is 1. The molecule has 0 aliphatic rings. The third-order valence-corrected chi connectivity index (χ3v) is 3.87. The molecule has 0 saturated heterocycles. The van der Waals surface area contributed by atoms with Crippen LogP contribution >= 0.6 is 11.3 Å². The van der Waals surface area contributed by atoms with Crippen LogP contribution in [-0.2, 0) is 0 Å². The molecule has 0 bridgehead atoms. The Morgan fingerprint density at radius 2 is 2.06 bits per heavy atom. The van der Waals surface area contributed by atoms with Crippen molar-refractivity contribution in [2.75, 3.05) is 6.54 Å². The van der Waals surface area contributed by atoms with Crippen LogP contribution in [0.4, 0.5) is 4.39 Å². The van der Waals surface area contributed by atoms with Crippen LogP contribution in [0.2, 0.25) is 0 Å². The summed E-state index contributed by atoms with van der Waals surface area (Å²) in [7, 11) is 0. The Balaban J connectivity index is 2.43. The summed E-state index contributed by atoms with van der Waals surface area (Å²) in [5.74, 6) is -0.147. The minimum Gasteiger partial charge on any atom is -0.306 e. The van der Waals surface area contributed by atoms with E-state index in [2.05, 4.69) is 23.7 Å². The third-order valence-electron chi connectivity index (χ3n) is 2.79. The van der Waals surface area contributed by atoms with Crippen molar-refractivity contribution in [2.24, 2.45) is 0 Å². The molecule has 0 saturated carbocycles. The van der Waals surface area contributed by atoms with E-state index in [1.54, 1.807) is 17.4 Å². The van der Waals surface area contributed by atoms with E-state index in [1.165, 1.54) is 16.5 Å². The quantitative estimate of drug-likeness (QED) is 0.866. The number of halogens is 1. The van der Waals surface area contributed by atoms with Crippen LogP contribution < -0.4 is 5.32 Å². The lowest BCUT2D eigenvalue weighted by molar-refractivity contribution is 0.562. The standard InChI is InChI=1S/C14H16FNS/c1-3-16-13(14-10(2)8-9-17-14)11-6-4-5-7-12(11)15/h4-9,13,16H,3H2,1-2H3. The van der Waals surface area contributed by atoms with Crippen LogP contribution in [0.3, 0.4) is 0 Å². The van der Waals surface area contributed by atoms with Crippen molar-refractivity contribution in [2.45, 2.75) is 19.9 Å². The van der Waals surface area contributed by atoms with Crippen molar-refractivity contribution in [3.8, 4) is 0 Å². The summed E-state index contributed by atoms with van der Waals surface area (Å²) >= 11 is 1.67. The fourth-order valence-electron chi connectivity index (χ4n) is 1.94. The number of aryl methyl sites for hydroxylation is 1. The third kappa shape index (κ3) is 2.56. The van der Waals surface area contributed by atoms with Crippen LogP contribution in [-0.4, -0.2) is 6.54 Å². The summed E-state index contributed by atoms with van der Waals surface area (Å²) in [6.07, 6.45) is 0. The van der Waals surface area contributed by atoms with E-state index in [4.69, 9.17) is 0 Å². The highest BCUT2D eigenvalue weighted by Crippen LogP contribution is 2.30. The Labute approximate surface area is 105 Å². The molecule has 0 spiro atoms. The predicted octanol–water partition coefficient (Wildman–Crippen LogP) is 3.89. The van der Waals surface area contributed by atoms with Crippen molar-refractivity contribution in [3.05, 3.63) is 57.5 Å². The first-order chi connectivity index (χ1) is 8.24. The van der Waals surface area contributed by atoms with E-state index >= 15 is 0 Å². The summed E-state index contributed by atoms with van der Waals surface area (Å²) in [6.45, 7) is 4.92. The summed E-state index contributed by atoms with van der Waals surface area (Å²) in [5, 5.41) is 5.40. The fraction of sp³-hybridized carbons (Fsp3) is 0.286. The number of hydrogen-bond donors (Lipinski definition) is 1. The first-order valence-electron chi connectivity index (χ1n) is 5.75. The van der Waals surface area contributed by atoms with E-state index in [-0.39, 0.29) is 11.9 Å². The van der Waals surface area contributed by atoms with Gasteiger partial charge in [-0.2, -0.15) is 0 Å². The number of hydrogen-bond acceptors (Lipinski definition) is 2. The molecule has 1 aromatic carbocycles. The average molecular weight is 249 g/mol. The molecule has 1 nitrogen and oxygen atoms in total. The van der Waals surface area contributed by atoms with Gasteiger partial charge in [-0.3, -0.25) is 0 Å². The molecule has 1 unspecified atom stereocenters. The van der Waals surface area contributed by atoms with Crippen LogP contribution in [0.5, 0.6) is 0 Å². The van der Waals surface area contributed by atoms with Gasteiger partial charge < -0.3 is 5.32 Å². The molecule has 1 aromatic heterocycles. The van der Waals surface area contributed by atoms with E-state index in [0.29, 0.717) is 0 Å². The van der Waals surface area contributed by atoms with Crippen LogP contribution in [0, 0.1) is 12.7 Å². The summed E-state index contributed by atoms with van der Waals surface area (Å²) in [4.78, 5) is 1.19. The zero-order valence-electron chi connectivity index (χ0n) is 10.0. The number of nitrogens with one attached hydrogen (secondary N) is 1. The topological polar surface area (TPSA) is 12.0 Å². The first-order valence-corrected chi connectivity index (χ1v) is 6.63. The van der Waals surface area contributed by atoms with Crippen molar-refractivity contribution < 1.29 is 4.39 Å². The van der Waals surface area contributed by atoms with E-state index in [0.717, 1.165) is 12.1 Å². The van der Waals surface area contributed by atoms with Gasteiger partial charge in [0.2, 0.25) is 0 Å². The number of thiophene rings is 1. The molecule has 0 fully saturated rings. The first kappa shape index (κ1) is 12.3. The molecule has 2 aromatic rings. The Morgan fingerprint density at radius 3 is 2.65 bits per heavy atom. The van der Waals surface area contributed by atoms with Crippen molar-refractivity contribution in [1.29, 1.82) is 0 Å². The van der Waals surface area contributed by atoms with E-state index in [9.17, 15) is 4.39 Å². The van der Waals surface area contributed by atoms with Gasteiger partial charge in [-0.1, -0.05) is 25.1 Å². The smallest absolute Gasteiger partial charge is 0.128 e. The van der Waals surface area contributed by atoms with Gasteiger partial charge in [-0.15, -0.1) is 11.3 Å². The van der Waals surface area contributed by atoms with Crippen LogP contribution in [0.25, 0.3) is 0 Å². The molecule has 1 N–H and O–H groups in total. The Kier molecular flexibility index (Phi) is 3.92. The molecule has 3 heteroatoms. The van der Waals surface area contributed by atoms with Gasteiger partial charge in [-0.05, 0) is 36.5 Å². The molecule has 17 heavy (non-hydrogen) atoms. The maximum atomic E-state index is 13.9. The molecule has 0 aliphatic carbocycles. The lowest BCUT2D eigenvalue weighted by atomic mass is 10.0. The second kappa shape index (κ2) is 5.43. The predicted molar refractivity (Wildman–Crippen MR) is 71.0 cm³/mol. The normalized spacial score (nSPS) is 12.6. The zero-order valence-corrected chi connectivity index (χ0v) is 10.9. The molecule has 0 radical (unpaired) electrons. The van der Waals surface area contributed by atoms with Crippen LogP contribution in [0.15, 0.2) is 35.7 Å². The second-order valence-electron chi connectivity index (χ2n) is 3.98. The maximum absolute atomic E-state index is 13.9. The van der Waals surface area contributed by atoms with Gasteiger partial charge in [0.05, 0.1) is 6.04 Å². The van der Waals surface area contributed by atoms with Crippen molar-refractivity contribution in [1.82, 2.24) is 5.32 Å². The monoisotopic (exact) mass is 249 g/mol. The fourth-order valence-corrected chi connectivity index (χ4v) is 2.96. The Hall–Kier alpha value is -1.19. The lowest BCUT2D eigenvalue weighted by Crippen LogP contribution is -2.22. The molecule has 90 valence electrons. The molecule has 0 amide bonds. The molecule has 1 atom stereocenters. The molecule has 2 rings (SSSR count). The summed E-state index contributed by atoms with van der Waals surface area (Å²) in [5.41, 5.74) is 1.93. The maximum Gasteiger partial charge on any atom is 0.128 e.